The standard InChI is InChI=1S/C11H22N2O/c1-4-9(12)11(14)13-7-5-6-10(13)8(2)3/h8-10H,4-7,12H2,1-3H3/t9-,10?/m0/s1. The normalized spacial score (nSPS) is 24.4. The topological polar surface area (TPSA) is 46.3 Å². The third-order valence-electron chi connectivity index (χ3n) is 3.11. The average molecular weight is 198 g/mol. The Labute approximate surface area is 86.6 Å². The minimum Gasteiger partial charge on any atom is -0.338 e. The van der Waals surface area contributed by atoms with Gasteiger partial charge in [0.05, 0.1) is 6.04 Å². The van der Waals surface area contributed by atoms with Gasteiger partial charge in [0, 0.05) is 12.6 Å². The molecule has 0 aromatic carbocycles. The molecule has 3 heteroatoms. The number of hydrogen-bond donors (Lipinski definition) is 1. The first-order valence-corrected chi connectivity index (χ1v) is 5.64. The SMILES string of the molecule is CC[C@H](N)C(=O)N1CCCC1C(C)C. The highest BCUT2D eigenvalue weighted by molar-refractivity contribution is 5.82. The number of rotatable bonds is 3. The second kappa shape index (κ2) is 4.78. The highest BCUT2D eigenvalue weighted by atomic mass is 16.2. The lowest BCUT2D eigenvalue weighted by atomic mass is 10.0. The van der Waals surface area contributed by atoms with Crippen LogP contribution in [0.15, 0.2) is 0 Å². The molecule has 1 rings (SSSR count). The Morgan fingerprint density at radius 3 is 2.71 bits per heavy atom. The van der Waals surface area contributed by atoms with E-state index in [9.17, 15) is 4.79 Å². The summed E-state index contributed by atoms with van der Waals surface area (Å²) < 4.78 is 0. The van der Waals surface area contributed by atoms with Crippen molar-refractivity contribution in [3.8, 4) is 0 Å². The number of carbonyl (C=O) groups is 1. The number of amides is 1. The molecule has 2 atom stereocenters. The van der Waals surface area contributed by atoms with Crippen LogP contribution in [0.4, 0.5) is 0 Å². The van der Waals surface area contributed by atoms with Crippen LogP contribution < -0.4 is 5.73 Å². The van der Waals surface area contributed by atoms with E-state index in [-0.39, 0.29) is 11.9 Å². The summed E-state index contributed by atoms with van der Waals surface area (Å²) in [6.45, 7) is 7.21. The van der Waals surface area contributed by atoms with Crippen molar-refractivity contribution in [3.05, 3.63) is 0 Å². The first-order valence-electron chi connectivity index (χ1n) is 5.64. The van der Waals surface area contributed by atoms with Crippen molar-refractivity contribution in [3.63, 3.8) is 0 Å². The third kappa shape index (κ3) is 2.27. The van der Waals surface area contributed by atoms with Gasteiger partial charge in [0.1, 0.15) is 0 Å². The maximum atomic E-state index is 11.9. The lowest BCUT2D eigenvalue weighted by Gasteiger charge is -2.29. The van der Waals surface area contributed by atoms with Gasteiger partial charge in [0.15, 0.2) is 0 Å². The van der Waals surface area contributed by atoms with Gasteiger partial charge in [-0.05, 0) is 25.2 Å². The number of nitrogens with zero attached hydrogens (tertiary/aromatic N) is 1. The van der Waals surface area contributed by atoms with Crippen LogP contribution in [-0.4, -0.2) is 29.4 Å². The highest BCUT2D eigenvalue weighted by Gasteiger charge is 2.32. The van der Waals surface area contributed by atoms with Crippen LogP contribution in [-0.2, 0) is 4.79 Å². The van der Waals surface area contributed by atoms with E-state index in [1.807, 2.05) is 11.8 Å². The molecule has 0 radical (unpaired) electrons. The summed E-state index contributed by atoms with van der Waals surface area (Å²) in [5.41, 5.74) is 5.77. The van der Waals surface area contributed by atoms with Gasteiger partial charge >= 0.3 is 0 Å². The fourth-order valence-corrected chi connectivity index (χ4v) is 2.15. The van der Waals surface area contributed by atoms with Crippen LogP contribution in [0.3, 0.4) is 0 Å². The van der Waals surface area contributed by atoms with Gasteiger partial charge in [-0.25, -0.2) is 0 Å². The van der Waals surface area contributed by atoms with Gasteiger partial charge in [0.2, 0.25) is 5.91 Å². The number of likely N-dealkylation sites (tertiary alicyclic amines) is 1. The van der Waals surface area contributed by atoms with Gasteiger partial charge in [-0.15, -0.1) is 0 Å². The van der Waals surface area contributed by atoms with E-state index < -0.39 is 0 Å². The van der Waals surface area contributed by atoms with Crippen molar-refractivity contribution in [2.45, 2.75) is 52.1 Å². The molecule has 1 heterocycles. The van der Waals surface area contributed by atoms with E-state index in [1.165, 1.54) is 0 Å². The van der Waals surface area contributed by atoms with Crippen LogP contribution in [0.1, 0.15) is 40.0 Å². The van der Waals surface area contributed by atoms with E-state index in [1.54, 1.807) is 0 Å². The van der Waals surface area contributed by atoms with Crippen molar-refractivity contribution in [1.82, 2.24) is 4.90 Å². The highest BCUT2D eigenvalue weighted by Crippen LogP contribution is 2.24. The number of nitrogens with two attached hydrogens (primary N) is 1. The maximum absolute atomic E-state index is 11.9. The number of hydrogen-bond acceptors (Lipinski definition) is 2. The van der Waals surface area contributed by atoms with E-state index in [0.717, 1.165) is 25.8 Å². The van der Waals surface area contributed by atoms with Gasteiger partial charge in [-0.1, -0.05) is 20.8 Å². The Bertz CT molecular complexity index is 203. The van der Waals surface area contributed by atoms with Crippen LogP contribution in [0.5, 0.6) is 0 Å². The predicted octanol–water partition coefficient (Wildman–Crippen LogP) is 1.37. The third-order valence-corrected chi connectivity index (χ3v) is 3.11. The summed E-state index contributed by atoms with van der Waals surface area (Å²) in [6.07, 6.45) is 3.00. The molecule has 0 aromatic heterocycles. The molecule has 1 unspecified atom stereocenters. The fraction of sp³-hybridized carbons (Fsp3) is 0.909. The van der Waals surface area contributed by atoms with Crippen LogP contribution >= 0.6 is 0 Å². The van der Waals surface area contributed by atoms with Crippen LogP contribution in [0.2, 0.25) is 0 Å². The number of carbonyl (C=O) groups excluding carboxylic acids is 1. The zero-order valence-electron chi connectivity index (χ0n) is 9.49. The van der Waals surface area contributed by atoms with Crippen molar-refractivity contribution < 1.29 is 4.79 Å². The molecule has 0 aromatic rings. The zero-order chi connectivity index (χ0) is 10.7. The fourth-order valence-electron chi connectivity index (χ4n) is 2.15. The van der Waals surface area contributed by atoms with E-state index >= 15 is 0 Å². The molecule has 2 N–H and O–H groups in total. The van der Waals surface area contributed by atoms with Crippen molar-refractivity contribution in [1.29, 1.82) is 0 Å². The molecule has 82 valence electrons. The molecule has 1 aliphatic rings. The minimum atomic E-state index is -0.297. The first kappa shape index (κ1) is 11.5. The summed E-state index contributed by atoms with van der Waals surface area (Å²) in [6, 6.07) is 0.120. The molecule has 1 fully saturated rings. The van der Waals surface area contributed by atoms with Crippen molar-refractivity contribution in [2.75, 3.05) is 6.54 Å². The minimum absolute atomic E-state index is 0.142. The Hall–Kier alpha value is -0.570. The smallest absolute Gasteiger partial charge is 0.239 e. The summed E-state index contributed by atoms with van der Waals surface area (Å²) in [4.78, 5) is 13.9. The van der Waals surface area contributed by atoms with Crippen molar-refractivity contribution >= 4 is 5.91 Å². The second-order valence-corrected chi connectivity index (χ2v) is 4.50. The summed E-state index contributed by atoms with van der Waals surface area (Å²) in [5.74, 6) is 0.689. The Kier molecular flexibility index (Phi) is 3.93. The van der Waals surface area contributed by atoms with E-state index in [0.29, 0.717) is 12.0 Å². The summed E-state index contributed by atoms with van der Waals surface area (Å²) in [7, 11) is 0. The Morgan fingerprint density at radius 2 is 2.21 bits per heavy atom. The molecule has 0 aliphatic carbocycles. The second-order valence-electron chi connectivity index (χ2n) is 4.50. The molecular formula is C11H22N2O. The summed E-state index contributed by atoms with van der Waals surface area (Å²) >= 11 is 0. The Morgan fingerprint density at radius 1 is 1.57 bits per heavy atom. The molecule has 1 saturated heterocycles. The average Bonchev–Trinajstić information content (AvgIpc) is 2.63. The molecular weight excluding hydrogens is 176 g/mol. The predicted molar refractivity (Wildman–Crippen MR) is 57.8 cm³/mol. The zero-order valence-corrected chi connectivity index (χ0v) is 9.49. The molecule has 3 nitrogen and oxygen atoms in total. The molecule has 14 heavy (non-hydrogen) atoms. The largest absolute Gasteiger partial charge is 0.338 e. The van der Waals surface area contributed by atoms with Gasteiger partial charge in [-0.2, -0.15) is 0 Å². The molecule has 1 aliphatic heterocycles. The molecule has 1 amide bonds. The van der Waals surface area contributed by atoms with Gasteiger partial charge < -0.3 is 10.6 Å². The van der Waals surface area contributed by atoms with E-state index in [2.05, 4.69) is 13.8 Å². The molecule has 0 saturated carbocycles. The maximum Gasteiger partial charge on any atom is 0.239 e. The van der Waals surface area contributed by atoms with Gasteiger partial charge in [-0.3, -0.25) is 4.79 Å². The van der Waals surface area contributed by atoms with Crippen LogP contribution in [0.25, 0.3) is 0 Å². The molecule has 0 bridgehead atoms. The monoisotopic (exact) mass is 198 g/mol. The lowest BCUT2D eigenvalue weighted by molar-refractivity contribution is -0.134. The molecule has 0 spiro atoms. The lowest BCUT2D eigenvalue weighted by Crippen LogP contribution is -2.47. The summed E-state index contributed by atoms with van der Waals surface area (Å²) in [5, 5.41) is 0. The Balaban J connectivity index is 2.62. The quantitative estimate of drug-likeness (QED) is 0.744. The van der Waals surface area contributed by atoms with Crippen molar-refractivity contribution in [2.24, 2.45) is 11.7 Å². The van der Waals surface area contributed by atoms with Crippen LogP contribution in [0, 0.1) is 5.92 Å². The first-order chi connectivity index (χ1) is 6.57. The van der Waals surface area contributed by atoms with E-state index in [4.69, 9.17) is 5.73 Å². The van der Waals surface area contributed by atoms with Gasteiger partial charge in [0.25, 0.3) is 0 Å².